The Hall–Kier alpha value is -2.40. The van der Waals surface area contributed by atoms with Gasteiger partial charge in [-0.1, -0.05) is 18.2 Å². The second-order valence-corrected chi connectivity index (χ2v) is 4.75. The van der Waals surface area contributed by atoms with Gasteiger partial charge in [0.1, 0.15) is 5.82 Å². The minimum Gasteiger partial charge on any atom is -0.361 e. The van der Waals surface area contributed by atoms with E-state index in [0.717, 1.165) is 16.6 Å². The maximum Gasteiger partial charge on any atom is 0.175 e. The summed E-state index contributed by atoms with van der Waals surface area (Å²) in [6.45, 7) is 0. The Morgan fingerprint density at radius 1 is 1.05 bits per heavy atom. The molecule has 0 amide bonds. The Bertz CT molecular complexity index is 766. The number of nitrogens with one attached hydrogen (secondary N) is 3. The summed E-state index contributed by atoms with van der Waals surface area (Å²) in [7, 11) is 0. The van der Waals surface area contributed by atoms with Gasteiger partial charge in [-0.3, -0.25) is 0 Å². The standard InChI is InChI=1S/C15H12FN3S/c16-12-3-1-2-4-13(12)19-15(20)18-11-6-5-10-7-8-17-14(10)9-11/h1-9,17H,(H2,18,19,20). The van der Waals surface area contributed by atoms with Gasteiger partial charge >= 0.3 is 0 Å². The predicted octanol–water partition coefficient (Wildman–Crippen LogP) is 4.12. The van der Waals surface area contributed by atoms with Crippen molar-refractivity contribution >= 4 is 39.6 Å². The first-order chi connectivity index (χ1) is 9.72. The minimum absolute atomic E-state index is 0.337. The first kappa shape index (κ1) is 12.6. The molecule has 3 N–H and O–H groups in total. The number of hydrogen-bond acceptors (Lipinski definition) is 1. The number of H-pyrrole nitrogens is 1. The Labute approximate surface area is 120 Å². The number of fused-ring (bicyclic) bond motifs is 1. The second-order valence-electron chi connectivity index (χ2n) is 4.34. The van der Waals surface area contributed by atoms with Crippen LogP contribution in [-0.4, -0.2) is 10.1 Å². The van der Waals surface area contributed by atoms with Crippen LogP contribution in [0.1, 0.15) is 0 Å². The van der Waals surface area contributed by atoms with Crippen molar-refractivity contribution in [1.82, 2.24) is 4.98 Å². The highest BCUT2D eigenvalue weighted by Crippen LogP contribution is 2.18. The summed E-state index contributed by atoms with van der Waals surface area (Å²) in [6, 6.07) is 14.3. The van der Waals surface area contributed by atoms with E-state index in [4.69, 9.17) is 12.2 Å². The average molecular weight is 285 g/mol. The van der Waals surface area contributed by atoms with Gasteiger partial charge in [-0.05, 0) is 47.9 Å². The lowest BCUT2D eigenvalue weighted by Crippen LogP contribution is -2.19. The maximum absolute atomic E-state index is 13.5. The molecule has 100 valence electrons. The monoisotopic (exact) mass is 285 g/mol. The van der Waals surface area contributed by atoms with Crippen LogP contribution in [0.5, 0.6) is 0 Å². The molecule has 3 nitrogen and oxygen atoms in total. The molecular formula is C15H12FN3S. The highest BCUT2D eigenvalue weighted by atomic mass is 32.1. The second kappa shape index (κ2) is 5.30. The maximum atomic E-state index is 13.5. The molecule has 0 fully saturated rings. The van der Waals surface area contributed by atoms with Gasteiger partial charge in [0.05, 0.1) is 5.69 Å². The Morgan fingerprint density at radius 2 is 1.90 bits per heavy atom. The highest BCUT2D eigenvalue weighted by Gasteiger charge is 2.04. The summed E-state index contributed by atoms with van der Waals surface area (Å²) in [4.78, 5) is 3.13. The van der Waals surface area contributed by atoms with Crippen molar-refractivity contribution in [2.75, 3.05) is 10.6 Å². The van der Waals surface area contributed by atoms with E-state index in [9.17, 15) is 4.39 Å². The minimum atomic E-state index is -0.337. The van der Waals surface area contributed by atoms with Crippen molar-refractivity contribution in [1.29, 1.82) is 0 Å². The SMILES string of the molecule is Fc1ccccc1NC(=S)Nc1ccc2cc[nH]c2c1. The molecule has 2 aromatic carbocycles. The molecule has 0 radical (unpaired) electrons. The van der Waals surface area contributed by atoms with Crippen LogP contribution in [0.2, 0.25) is 0 Å². The number of aromatic amines is 1. The molecular weight excluding hydrogens is 273 g/mol. The number of benzene rings is 2. The van der Waals surface area contributed by atoms with Crippen LogP contribution in [0.4, 0.5) is 15.8 Å². The van der Waals surface area contributed by atoms with Crippen LogP contribution in [0, 0.1) is 5.82 Å². The van der Waals surface area contributed by atoms with Gasteiger partial charge in [0.25, 0.3) is 0 Å². The summed E-state index contributed by atoms with van der Waals surface area (Å²) in [5, 5.41) is 7.35. The normalized spacial score (nSPS) is 10.4. The number of hydrogen-bond donors (Lipinski definition) is 3. The largest absolute Gasteiger partial charge is 0.361 e. The molecule has 3 aromatic rings. The molecule has 1 aromatic heterocycles. The van der Waals surface area contributed by atoms with E-state index in [2.05, 4.69) is 15.6 Å². The van der Waals surface area contributed by atoms with Gasteiger partial charge in [-0.15, -0.1) is 0 Å². The smallest absolute Gasteiger partial charge is 0.175 e. The lowest BCUT2D eigenvalue weighted by atomic mass is 10.2. The lowest BCUT2D eigenvalue weighted by molar-refractivity contribution is 0.632. The first-order valence-electron chi connectivity index (χ1n) is 6.12. The summed E-state index contributed by atoms with van der Waals surface area (Å²) < 4.78 is 13.5. The number of anilines is 2. The highest BCUT2D eigenvalue weighted by molar-refractivity contribution is 7.80. The van der Waals surface area contributed by atoms with Crippen molar-refractivity contribution in [3.63, 3.8) is 0 Å². The third kappa shape index (κ3) is 2.62. The zero-order valence-electron chi connectivity index (χ0n) is 10.5. The van der Waals surface area contributed by atoms with Gasteiger partial charge in [0, 0.05) is 17.4 Å². The molecule has 0 aliphatic rings. The molecule has 0 saturated carbocycles. The third-order valence-electron chi connectivity index (χ3n) is 2.93. The number of thiocarbonyl (C=S) groups is 1. The van der Waals surface area contributed by atoms with Crippen molar-refractivity contribution in [2.45, 2.75) is 0 Å². The summed E-state index contributed by atoms with van der Waals surface area (Å²) in [5.41, 5.74) is 2.21. The Morgan fingerprint density at radius 3 is 2.75 bits per heavy atom. The van der Waals surface area contributed by atoms with E-state index >= 15 is 0 Å². The predicted molar refractivity (Wildman–Crippen MR) is 84.5 cm³/mol. The van der Waals surface area contributed by atoms with Gasteiger partial charge in [0.2, 0.25) is 0 Å². The average Bonchev–Trinajstić information content (AvgIpc) is 2.89. The van der Waals surface area contributed by atoms with Crippen LogP contribution in [-0.2, 0) is 0 Å². The van der Waals surface area contributed by atoms with Crippen molar-refractivity contribution in [3.8, 4) is 0 Å². The Kier molecular flexibility index (Phi) is 3.35. The molecule has 0 spiro atoms. The molecule has 0 aliphatic heterocycles. The third-order valence-corrected chi connectivity index (χ3v) is 3.14. The fourth-order valence-corrected chi connectivity index (χ4v) is 2.20. The van der Waals surface area contributed by atoms with Crippen molar-refractivity contribution in [2.24, 2.45) is 0 Å². The fourth-order valence-electron chi connectivity index (χ4n) is 1.97. The van der Waals surface area contributed by atoms with Crippen molar-refractivity contribution in [3.05, 3.63) is 60.5 Å². The molecule has 0 aliphatic carbocycles. The molecule has 0 bridgehead atoms. The lowest BCUT2D eigenvalue weighted by Gasteiger charge is -2.11. The van der Waals surface area contributed by atoms with Gasteiger partial charge in [-0.25, -0.2) is 4.39 Å². The summed E-state index contributed by atoms with van der Waals surface area (Å²) >= 11 is 5.18. The van der Waals surface area contributed by atoms with E-state index in [0.29, 0.717) is 10.8 Å². The van der Waals surface area contributed by atoms with Gasteiger partial charge in [0.15, 0.2) is 5.11 Å². The van der Waals surface area contributed by atoms with Crippen LogP contribution >= 0.6 is 12.2 Å². The molecule has 0 unspecified atom stereocenters. The van der Waals surface area contributed by atoms with Crippen molar-refractivity contribution < 1.29 is 4.39 Å². The Balaban J connectivity index is 1.74. The molecule has 20 heavy (non-hydrogen) atoms. The first-order valence-corrected chi connectivity index (χ1v) is 6.53. The zero-order chi connectivity index (χ0) is 13.9. The van der Waals surface area contributed by atoms with Crippen LogP contribution in [0.25, 0.3) is 10.9 Å². The van der Waals surface area contributed by atoms with E-state index in [1.807, 2.05) is 30.5 Å². The zero-order valence-corrected chi connectivity index (χ0v) is 11.3. The molecule has 3 rings (SSSR count). The topological polar surface area (TPSA) is 39.8 Å². The summed E-state index contributed by atoms with van der Waals surface area (Å²) in [6.07, 6.45) is 1.88. The summed E-state index contributed by atoms with van der Waals surface area (Å²) in [5.74, 6) is -0.337. The molecule has 5 heteroatoms. The number of halogens is 1. The van der Waals surface area contributed by atoms with E-state index < -0.39 is 0 Å². The van der Waals surface area contributed by atoms with Crippen LogP contribution < -0.4 is 10.6 Å². The fraction of sp³-hybridized carbons (Fsp3) is 0. The van der Waals surface area contributed by atoms with E-state index in [-0.39, 0.29) is 5.82 Å². The van der Waals surface area contributed by atoms with Gasteiger partial charge < -0.3 is 15.6 Å². The van der Waals surface area contributed by atoms with Crippen LogP contribution in [0.3, 0.4) is 0 Å². The van der Waals surface area contributed by atoms with Gasteiger partial charge in [-0.2, -0.15) is 0 Å². The molecule has 1 heterocycles. The molecule has 0 atom stereocenters. The quantitative estimate of drug-likeness (QED) is 0.620. The van der Waals surface area contributed by atoms with E-state index in [1.54, 1.807) is 18.2 Å². The van der Waals surface area contributed by atoms with E-state index in [1.165, 1.54) is 6.07 Å². The number of rotatable bonds is 2. The number of aromatic nitrogens is 1. The number of para-hydroxylation sites is 1. The molecule has 0 saturated heterocycles. The van der Waals surface area contributed by atoms with Crippen LogP contribution in [0.15, 0.2) is 54.7 Å².